The van der Waals surface area contributed by atoms with Crippen molar-refractivity contribution in [3.8, 4) is 11.1 Å². The van der Waals surface area contributed by atoms with Crippen LogP contribution < -0.4 is 0 Å². The normalized spacial score (nSPS) is 28.1. The Bertz CT molecular complexity index is 794. The Labute approximate surface area is 149 Å². The Hall–Kier alpha value is -1.96. The van der Waals surface area contributed by atoms with E-state index in [1.807, 2.05) is 6.07 Å². The van der Waals surface area contributed by atoms with Crippen molar-refractivity contribution < 1.29 is 9.18 Å². The highest BCUT2D eigenvalue weighted by atomic mass is 19.1. The molecule has 0 spiro atoms. The minimum absolute atomic E-state index is 0.159. The van der Waals surface area contributed by atoms with Crippen molar-refractivity contribution in [2.75, 3.05) is 0 Å². The van der Waals surface area contributed by atoms with E-state index >= 15 is 0 Å². The number of halogens is 1. The first-order valence-corrected chi connectivity index (χ1v) is 9.32. The minimum atomic E-state index is -0.438. The van der Waals surface area contributed by atoms with Gasteiger partial charge in [0.25, 0.3) is 0 Å². The van der Waals surface area contributed by atoms with E-state index < -0.39 is 5.82 Å². The highest BCUT2D eigenvalue weighted by Crippen LogP contribution is 2.57. The Morgan fingerprint density at radius 3 is 1.96 bits per heavy atom. The fourth-order valence-electron chi connectivity index (χ4n) is 4.80. The molecule has 3 aliphatic carbocycles. The van der Waals surface area contributed by atoms with Crippen molar-refractivity contribution in [2.24, 2.45) is 5.41 Å². The molecule has 0 unspecified atom stereocenters. The van der Waals surface area contributed by atoms with Crippen LogP contribution >= 0.6 is 0 Å². The number of carbonyl (C=O) groups is 1. The van der Waals surface area contributed by atoms with E-state index in [4.69, 9.17) is 0 Å². The molecule has 3 aliphatic rings. The van der Waals surface area contributed by atoms with Crippen LogP contribution in [0.4, 0.5) is 4.39 Å². The van der Waals surface area contributed by atoms with Gasteiger partial charge in [-0.2, -0.15) is 0 Å². The first-order chi connectivity index (χ1) is 11.9. The molecule has 130 valence electrons. The summed E-state index contributed by atoms with van der Waals surface area (Å²) in [7, 11) is 0. The van der Waals surface area contributed by atoms with Gasteiger partial charge < -0.3 is 0 Å². The summed E-state index contributed by atoms with van der Waals surface area (Å²) in [6.45, 7) is 3.84. The number of hydrogen-bond donors (Lipinski definition) is 0. The second-order valence-corrected chi connectivity index (χ2v) is 8.42. The van der Waals surface area contributed by atoms with E-state index in [1.165, 1.54) is 57.1 Å². The van der Waals surface area contributed by atoms with Gasteiger partial charge in [0.05, 0.1) is 5.56 Å². The van der Waals surface area contributed by atoms with Crippen LogP contribution in [0.25, 0.3) is 11.1 Å². The zero-order chi connectivity index (χ0) is 17.7. The molecular weight excluding hydrogens is 311 g/mol. The quantitative estimate of drug-likeness (QED) is 0.600. The van der Waals surface area contributed by atoms with Crippen molar-refractivity contribution >= 4 is 5.78 Å². The second kappa shape index (κ2) is 5.79. The highest BCUT2D eigenvalue weighted by molar-refractivity contribution is 5.94. The van der Waals surface area contributed by atoms with Gasteiger partial charge in [0.2, 0.25) is 0 Å². The Morgan fingerprint density at radius 1 is 0.880 bits per heavy atom. The average Bonchev–Trinajstić information content (AvgIpc) is 2.62. The average molecular weight is 336 g/mol. The van der Waals surface area contributed by atoms with Crippen molar-refractivity contribution in [3.05, 3.63) is 59.4 Å². The number of benzene rings is 2. The lowest BCUT2D eigenvalue weighted by Crippen LogP contribution is -2.42. The molecule has 0 heterocycles. The predicted molar refractivity (Wildman–Crippen MR) is 99.3 cm³/mol. The standard InChI is InChI=1S/C23H25FO/c1-16(25)20-8-5-18(15-21(20)24)17-3-6-19(7-4-17)23-12-9-22(2,10-13-23)11-14-23/h3-8,15H,9-14H2,1-2H3. The van der Waals surface area contributed by atoms with E-state index in [9.17, 15) is 9.18 Å². The van der Waals surface area contributed by atoms with Crippen molar-refractivity contribution in [3.63, 3.8) is 0 Å². The number of Topliss-reactive ketones (excluding diaryl/α,β-unsaturated/α-hetero) is 1. The molecule has 0 amide bonds. The number of rotatable bonds is 3. The number of carbonyl (C=O) groups excluding carboxylic acids is 1. The third-order valence-corrected chi connectivity index (χ3v) is 6.80. The molecule has 0 aliphatic heterocycles. The molecule has 2 aromatic carbocycles. The maximum Gasteiger partial charge on any atom is 0.162 e. The zero-order valence-electron chi connectivity index (χ0n) is 15.1. The summed E-state index contributed by atoms with van der Waals surface area (Å²) in [4.78, 5) is 11.4. The van der Waals surface area contributed by atoms with Gasteiger partial charge in [-0.1, -0.05) is 37.3 Å². The topological polar surface area (TPSA) is 17.1 Å². The van der Waals surface area contributed by atoms with Gasteiger partial charge in [-0.3, -0.25) is 4.79 Å². The minimum Gasteiger partial charge on any atom is -0.294 e. The Balaban J connectivity index is 1.61. The summed E-state index contributed by atoms with van der Waals surface area (Å²) >= 11 is 0. The maximum absolute atomic E-state index is 14.1. The Kier molecular flexibility index (Phi) is 3.82. The first-order valence-electron chi connectivity index (χ1n) is 9.32. The monoisotopic (exact) mass is 336 g/mol. The van der Waals surface area contributed by atoms with Crippen LogP contribution in [0.15, 0.2) is 42.5 Å². The van der Waals surface area contributed by atoms with Gasteiger partial charge in [0, 0.05) is 0 Å². The van der Waals surface area contributed by atoms with Gasteiger partial charge in [-0.05, 0) is 85.1 Å². The molecule has 5 rings (SSSR count). The molecule has 3 fully saturated rings. The zero-order valence-corrected chi connectivity index (χ0v) is 15.1. The third-order valence-electron chi connectivity index (χ3n) is 6.80. The summed E-state index contributed by atoms with van der Waals surface area (Å²) < 4.78 is 14.1. The van der Waals surface area contributed by atoms with E-state index in [1.54, 1.807) is 6.07 Å². The van der Waals surface area contributed by atoms with Gasteiger partial charge in [-0.15, -0.1) is 0 Å². The van der Waals surface area contributed by atoms with Crippen LogP contribution in [0.1, 0.15) is 68.3 Å². The summed E-state index contributed by atoms with van der Waals surface area (Å²) in [6, 6.07) is 13.6. The summed E-state index contributed by atoms with van der Waals surface area (Å²) in [5.41, 5.74) is 4.38. The molecule has 2 aromatic rings. The number of fused-ring (bicyclic) bond motifs is 3. The molecule has 0 saturated heterocycles. The third kappa shape index (κ3) is 2.82. The fraction of sp³-hybridized carbons (Fsp3) is 0.435. The van der Waals surface area contributed by atoms with Crippen LogP contribution in [-0.2, 0) is 5.41 Å². The summed E-state index contributed by atoms with van der Waals surface area (Å²) in [5, 5.41) is 0. The van der Waals surface area contributed by atoms with Gasteiger partial charge in [0.15, 0.2) is 5.78 Å². The lowest BCUT2D eigenvalue weighted by Gasteiger charge is -2.52. The van der Waals surface area contributed by atoms with Crippen LogP contribution in [0, 0.1) is 11.2 Å². The largest absolute Gasteiger partial charge is 0.294 e. The van der Waals surface area contributed by atoms with Crippen LogP contribution in [0.2, 0.25) is 0 Å². The van der Waals surface area contributed by atoms with E-state index in [0.29, 0.717) is 10.8 Å². The summed E-state index contributed by atoms with van der Waals surface area (Å²) in [6.07, 6.45) is 7.91. The lowest BCUT2D eigenvalue weighted by atomic mass is 9.52. The molecule has 0 radical (unpaired) electrons. The fourth-order valence-corrected chi connectivity index (χ4v) is 4.80. The molecule has 3 saturated carbocycles. The molecule has 0 atom stereocenters. The first kappa shape index (κ1) is 16.5. The van der Waals surface area contributed by atoms with Crippen LogP contribution in [0.3, 0.4) is 0 Å². The van der Waals surface area contributed by atoms with E-state index in [-0.39, 0.29) is 11.3 Å². The molecule has 0 aromatic heterocycles. The SMILES string of the molecule is CC(=O)c1ccc(-c2ccc(C34CCC(C)(CC3)CC4)cc2)cc1F. The molecule has 1 nitrogen and oxygen atoms in total. The van der Waals surface area contributed by atoms with Gasteiger partial charge in [-0.25, -0.2) is 4.39 Å². The van der Waals surface area contributed by atoms with Gasteiger partial charge in [0.1, 0.15) is 5.82 Å². The van der Waals surface area contributed by atoms with Crippen molar-refractivity contribution in [1.29, 1.82) is 0 Å². The smallest absolute Gasteiger partial charge is 0.162 e. The van der Waals surface area contributed by atoms with E-state index in [2.05, 4.69) is 31.2 Å². The molecule has 2 heteroatoms. The molecule has 2 bridgehead atoms. The lowest BCUT2D eigenvalue weighted by molar-refractivity contribution is 0.0556. The van der Waals surface area contributed by atoms with Crippen molar-refractivity contribution in [2.45, 2.75) is 57.8 Å². The molecule has 25 heavy (non-hydrogen) atoms. The molecular formula is C23H25FO. The predicted octanol–water partition coefficient (Wildman–Crippen LogP) is 6.31. The number of hydrogen-bond acceptors (Lipinski definition) is 1. The van der Waals surface area contributed by atoms with Crippen molar-refractivity contribution in [1.82, 2.24) is 0 Å². The summed E-state index contributed by atoms with van der Waals surface area (Å²) in [5.74, 6) is -0.674. The van der Waals surface area contributed by atoms with Crippen LogP contribution in [-0.4, -0.2) is 5.78 Å². The maximum atomic E-state index is 14.1. The number of ketones is 1. The van der Waals surface area contributed by atoms with E-state index in [0.717, 1.165) is 11.1 Å². The molecule has 0 N–H and O–H groups in total. The highest BCUT2D eigenvalue weighted by Gasteiger charge is 2.46. The van der Waals surface area contributed by atoms with Crippen LogP contribution in [0.5, 0.6) is 0 Å². The van der Waals surface area contributed by atoms with Gasteiger partial charge >= 0.3 is 0 Å². The Morgan fingerprint density at radius 2 is 1.44 bits per heavy atom. The second-order valence-electron chi connectivity index (χ2n) is 8.42.